The molecule has 0 aliphatic carbocycles. The highest BCUT2D eigenvalue weighted by atomic mass is 32.1. The normalized spacial score (nSPS) is 10.4. The molecule has 62 valence electrons. The van der Waals surface area contributed by atoms with Gasteiger partial charge in [0.05, 0.1) is 11.4 Å². The van der Waals surface area contributed by atoms with Crippen LogP contribution in [0.3, 0.4) is 0 Å². The fourth-order valence-corrected chi connectivity index (χ4v) is 1.62. The Morgan fingerprint density at radius 2 is 2.50 bits per heavy atom. The number of rotatable bonds is 2. The van der Waals surface area contributed by atoms with E-state index in [-0.39, 0.29) is 0 Å². The van der Waals surface area contributed by atoms with Crippen LogP contribution in [-0.4, -0.2) is 4.98 Å². The van der Waals surface area contributed by atoms with Crippen LogP contribution in [0, 0.1) is 0 Å². The summed E-state index contributed by atoms with van der Waals surface area (Å²) in [6, 6.07) is 3.99. The molecule has 0 spiro atoms. The van der Waals surface area contributed by atoms with Crippen LogP contribution in [0.2, 0.25) is 0 Å². The van der Waals surface area contributed by atoms with Crippen molar-refractivity contribution in [1.29, 1.82) is 0 Å². The first-order valence-electron chi connectivity index (χ1n) is 3.58. The Balaban J connectivity index is 2.35. The topological polar surface area (TPSA) is 52.0 Å². The zero-order valence-electron chi connectivity index (χ0n) is 6.36. The maximum absolute atomic E-state index is 5.36. The fraction of sp³-hybridized carbons (Fsp3) is 0.125. The third-order valence-electron chi connectivity index (χ3n) is 1.50. The van der Waals surface area contributed by atoms with Gasteiger partial charge in [0.1, 0.15) is 12.0 Å². The van der Waals surface area contributed by atoms with Gasteiger partial charge < -0.3 is 10.2 Å². The van der Waals surface area contributed by atoms with Gasteiger partial charge in [-0.3, -0.25) is 0 Å². The fourth-order valence-electron chi connectivity index (χ4n) is 0.942. The number of thiophene rings is 1. The van der Waals surface area contributed by atoms with Gasteiger partial charge in [0.2, 0.25) is 5.89 Å². The summed E-state index contributed by atoms with van der Waals surface area (Å²) in [5.74, 6) is 0.582. The smallest absolute Gasteiger partial charge is 0.208 e. The second-order valence-corrected chi connectivity index (χ2v) is 3.26. The zero-order valence-corrected chi connectivity index (χ0v) is 7.17. The summed E-state index contributed by atoms with van der Waals surface area (Å²) in [6.07, 6.45) is 1.63. The Morgan fingerprint density at radius 3 is 3.08 bits per heavy atom. The zero-order chi connectivity index (χ0) is 8.39. The van der Waals surface area contributed by atoms with Crippen molar-refractivity contribution in [3.8, 4) is 10.6 Å². The van der Waals surface area contributed by atoms with E-state index in [2.05, 4.69) is 4.98 Å². The van der Waals surface area contributed by atoms with Crippen LogP contribution in [-0.2, 0) is 6.54 Å². The van der Waals surface area contributed by atoms with Gasteiger partial charge in [0, 0.05) is 0 Å². The maximum Gasteiger partial charge on any atom is 0.208 e. The molecule has 0 atom stereocenters. The minimum absolute atomic E-state index is 0.353. The monoisotopic (exact) mass is 180 g/mol. The van der Waals surface area contributed by atoms with Gasteiger partial charge in [-0.1, -0.05) is 6.07 Å². The Morgan fingerprint density at radius 1 is 1.58 bits per heavy atom. The third-order valence-corrected chi connectivity index (χ3v) is 2.39. The average molecular weight is 180 g/mol. The minimum atomic E-state index is 0.353. The van der Waals surface area contributed by atoms with E-state index in [0.29, 0.717) is 12.4 Å². The van der Waals surface area contributed by atoms with E-state index < -0.39 is 0 Å². The molecule has 0 radical (unpaired) electrons. The van der Waals surface area contributed by atoms with E-state index in [1.807, 2.05) is 17.5 Å². The number of oxazole rings is 1. The van der Waals surface area contributed by atoms with Crippen molar-refractivity contribution in [1.82, 2.24) is 4.98 Å². The first kappa shape index (κ1) is 7.52. The molecule has 2 heterocycles. The standard InChI is InChI=1S/C8H8N2OS/c9-4-8-10-6(5-11-8)7-2-1-3-12-7/h1-3,5H,4,9H2. The summed E-state index contributed by atoms with van der Waals surface area (Å²) in [6.45, 7) is 0.353. The van der Waals surface area contributed by atoms with Crippen LogP contribution in [0.25, 0.3) is 10.6 Å². The van der Waals surface area contributed by atoms with Crippen LogP contribution in [0.1, 0.15) is 5.89 Å². The molecule has 0 unspecified atom stereocenters. The molecular formula is C8H8N2OS. The lowest BCUT2D eigenvalue weighted by molar-refractivity contribution is 0.498. The second kappa shape index (κ2) is 3.08. The highest BCUT2D eigenvalue weighted by Crippen LogP contribution is 2.23. The Labute approximate surface area is 73.8 Å². The molecule has 2 aromatic rings. The number of aromatic nitrogens is 1. The van der Waals surface area contributed by atoms with Crippen molar-refractivity contribution in [3.63, 3.8) is 0 Å². The molecule has 0 aliphatic rings. The summed E-state index contributed by atoms with van der Waals surface area (Å²) < 4.78 is 5.11. The van der Waals surface area contributed by atoms with Crippen LogP contribution < -0.4 is 5.73 Å². The predicted octanol–water partition coefficient (Wildman–Crippen LogP) is 1.86. The summed E-state index contributed by atoms with van der Waals surface area (Å²) in [5, 5.41) is 2.01. The molecule has 2 N–H and O–H groups in total. The van der Waals surface area contributed by atoms with E-state index in [1.54, 1.807) is 17.6 Å². The van der Waals surface area contributed by atoms with Gasteiger partial charge in [-0.25, -0.2) is 4.98 Å². The quantitative estimate of drug-likeness (QED) is 0.767. The van der Waals surface area contributed by atoms with Crippen molar-refractivity contribution in [3.05, 3.63) is 29.7 Å². The van der Waals surface area contributed by atoms with E-state index in [0.717, 1.165) is 10.6 Å². The van der Waals surface area contributed by atoms with Crippen molar-refractivity contribution in [2.45, 2.75) is 6.54 Å². The van der Waals surface area contributed by atoms with Crippen LogP contribution in [0.15, 0.2) is 28.2 Å². The summed E-state index contributed by atoms with van der Waals surface area (Å²) in [5.41, 5.74) is 6.23. The maximum atomic E-state index is 5.36. The molecule has 0 aromatic carbocycles. The largest absolute Gasteiger partial charge is 0.447 e. The second-order valence-electron chi connectivity index (χ2n) is 2.31. The van der Waals surface area contributed by atoms with E-state index in [1.165, 1.54) is 0 Å². The number of hydrogen-bond acceptors (Lipinski definition) is 4. The lowest BCUT2D eigenvalue weighted by Crippen LogP contribution is -1.95. The molecule has 2 rings (SSSR count). The predicted molar refractivity (Wildman–Crippen MR) is 47.7 cm³/mol. The number of nitrogens with zero attached hydrogens (tertiary/aromatic N) is 1. The highest BCUT2D eigenvalue weighted by molar-refractivity contribution is 7.13. The Kier molecular flexibility index (Phi) is 1.93. The summed E-state index contributed by atoms with van der Waals surface area (Å²) in [7, 11) is 0. The molecule has 12 heavy (non-hydrogen) atoms. The van der Waals surface area contributed by atoms with Crippen molar-refractivity contribution in [2.24, 2.45) is 5.73 Å². The van der Waals surface area contributed by atoms with Crippen molar-refractivity contribution >= 4 is 11.3 Å². The lowest BCUT2D eigenvalue weighted by atomic mass is 10.4. The van der Waals surface area contributed by atoms with E-state index in [4.69, 9.17) is 10.2 Å². The molecule has 0 bridgehead atoms. The SMILES string of the molecule is NCc1nc(-c2cccs2)co1. The van der Waals surface area contributed by atoms with Gasteiger partial charge in [0.25, 0.3) is 0 Å². The van der Waals surface area contributed by atoms with Crippen LogP contribution >= 0.6 is 11.3 Å². The van der Waals surface area contributed by atoms with Gasteiger partial charge in [0.15, 0.2) is 0 Å². The molecule has 2 aromatic heterocycles. The molecule has 0 fully saturated rings. The van der Waals surface area contributed by atoms with E-state index in [9.17, 15) is 0 Å². The molecular weight excluding hydrogens is 172 g/mol. The van der Waals surface area contributed by atoms with Gasteiger partial charge in [-0.05, 0) is 11.4 Å². The van der Waals surface area contributed by atoms with Crippen molar-refractivity contribution in [2.75, 3.05) is 0 Å². The van der Waals surface area contributed by atoms with Gasteiger partial charge in [-0.15, -0.1) is 11.3 Å². The number of hydrogen-bond donors (Lipinski definition) is 1. The number of nitrogens with two attached hydrogens (primary N) is 1. The summed E-state index contributed by atoms with van der Waals surface area (Å²) in [4.78, 5) is 5.30. The molecule has 0 saturated carbocycles. The lowest BCUT2D eigenvalue weighted by Gasteiger charge is -1.84. The van der Waals surface area contributed by atoms with Crippen LogP contribution in [0.4, 0.5) is 0 Å². The average Bonchev–Trinajstić information content (AvgIpc) is 2.75. The highest BCUT2D eigenvalue weighted by Gasteiger charge is 2.04. The summed E-state index contributed by atoms with van der Waals surface area (Å²) >= 11 is 1.64. The minimum Gasteiger partial charge on any atom is -0.447 e. The molecule has 3 nitrogen and oxygen atoms in total. The van der Waals surface area contributed by atoms with E-state index >= 15 is 0 Å². The molecule has 0 aliphatic heterocycles. The molecule has 0 saturated heterocycles. The van der Waals surface area contributed by atoms with Gasteiger partial charge in [-0.2, -0.15) is 0 Å². The molecule has 4 heteroatoms. The third kappa shape index (κ3) is 1.26. The Hall–Kier alpha value is -1.13. The van der Waals surface area contributed by atoms with Crippen molar-refractivity contribution < 1.29 is 4.42 Å². The van der Waals surface area contributed by atoms with Gasteiger partial charge >= 0.3 is 0 Å². The first-order chi connectivity index (χ1) is 5.90. The first-order valence-corrected chi connectivity index (χ1v) is 4.46. The Bertz CT molecular complexity index is 353. The van der Waals surface area contributed by atoms with Crippen LogP contribution in [0.5, 0.6) is 0 Å². The molecule has 0 amide bonds.